The maximum Gasteiger partial charge on any atom is 0.123 e. The average molecular weight is 220 g/mol. The lowest BCUT2D eigenvalue weighted by molar-refractivity contribution is 0.515. The lowest BCUT2D eigenvalue weighted by Crippen LogP contribution is -2.03. The maximum absolute atomic E-state index is 5.74. The lowest BCUT2D eigenvalue weighted by atomic mass is 9.92. The van der Waals surface area contributed by atoms with Crippen molar-refractivity contribution in [3.8, 4) is 0 Å². The largest absolute Gasteiger partial charge is 0.384 e. The first-order valence-corrected chi connectivity index (χ1v) is 6.50. The summed E-state index contributed by atoms with van der Waals surface area (Å²) in [5, 5.41) is 0. The van der Waals surface area contributed by atoms with E-state index in [1.54, 1.807) is 0 Å². The molecule has 0 radical (unpaired) electrons. The first-order chi connectivity index (χ1) is 7.77. The fraction of sp³-hybridized carbons (Fsp3) is 0.643. The number of nitrogens with two attached hydrogens (primary N) is 1. The number of nitrogens with zero attached hydrogens (tertiary/aromatic N) is 1. The topological polar surface area (TPSA) is 38.9 Å². The zero-order chi connectivity index (χ0) is 11.8. The summed E-state index contributed by atoms with van der Waals surface area (Å²) in [7, 11) is 0. The predicted octanol–water partition coefficient (Wildman–Crippen LogP) is 4.13. The van der Waals surface area contributed by atoms with Gasteiger partial charge in [0.2, 0.25) is 0 Å². The fourth-order valence-electron chi connectivity index (χ4n) is 2.04. The van der Waals surface area contributed by atoms with E-state index in [0.29, 0.717) is 11.7 Å². The van der Waals surface area contributed by atoms with Gasteiger partial charge in [-0.25, -0.2) is 4.98 Å². The highest BCUT2D eigenvalue weighted by Crippen LogP contribution is 2.26. The van der Waals surface area contributed by atoms with Crippen molar-refractivity contribution in [3.63, 3.8) is 0 Å². The van der Waals surface area contributed by atoms with Gasteiger partial charge in [-0.3, -0.25) is 0 Å². The zero-order valence-corrected chi connectivity index (χ0v) is 10.6. The summed E-state index contributed by atoms with van der Waals surface area (Å²) in [6, 6.07) is 6.00. The molecule has 0 unspecified atom stereocenters. The van der Waals surface area contributed by atoms with E-state index in [4.69, 9.17) is 5.73 Å². The normalized spacial score (nSPS) is 10.9. The Morgan fingerprint density at radius 3 is 2.25 bits per heavy atom. The van der Waals surface area contributed by atoms with Gasteiger partial charge in [-0.2, -0.15) is 0 Å². The Kier molecular flexibility index (Phi) is 5.91. The molecule has 0 aliphatic carbocycles. The number of hydrogen-bond acceptors (Lipinski definition) is 2. The van der Waals surface area contributed by atoms with Crippen LogP contribution in [0.4, 0.5) is 5.82 Å². The molecule has 0 bridgehead atoms. The van der Waals surface area contributed by atoms with E-state index in [1.165, 1.54) is 44.2 Å². The fourth-order valence-corrected chi connectivity index (χ4v) is 2.04. The monoisotopic (exact) mass is 220 g/mol. The molecular formula is C14H24N2. The molecule has 16 heavy (non-hydrogen) atoms. The van der Waals surface area contributed by atoms with Crippen LogP contribution in [0.2, 0.25) is 0 Å². The molecular weight excluding hydrogens is 196 g/mol. The van der Waals surface area contributed by atoms with Crippen LogP contribution in [-0.4, -0.2) is 4.98 Å². The summed E-state index contributed by atoms with van der Waals surface area (Å²) in [6.45, 7) is 4.48. The molecule has 0 aliphatic rings. The highest BCUT2D eigenvalue weighted by molar-refractivity contribution is 5.30. The minimum atomic E-state index is 0.600. The van der Waals surface area contributed by atoms with Gasteiger partial charge in [-0.1, -0.05) is 45.6 Å². The third kappa shape index (κ3) is 4.21. The van der Waals surface area contributed by atoms with Crippen molar-refractivity contribution in [3.05, 3.63) is 23.9 Å². The molecule has 2 heteroatoms. The minimum absolute atomic E-state index is 0.600. The maximum atomic E-state index is 5.74. The SMILES string of the molecule is CCCCC(CCCC)c1cccc(N)n1. The summed E-state index contributed by atoms with van der Waals surface area (Å²) in [5.41, 5.74) is 6.92. The van der Waals surface area contributed by atoms with Crippen molar-refractivity contribution in [2.75, 3.05) is 5.73 Å². The highest BCUT2D eigenvalue weighted by Gasteiger charge is 2.12. The Morgan fingerprint density at radius 1 is 1.12 bits per heavy atom. The minimum Gasteiger partial charge on any atom is -0.384 e. The first-order valence-electron chi connectivity index (χ1n) is 6.50. The number of aromatic nitrogens is 1. The second kappa shape index (κ2) is 7.26. The van der Waals surface area contributed by atoms with E-state index < -0.39 is 0 Å². The van der Waals surface area contributed by atoms with Crippen LogP contribution in [0.15, 0.2) is 18.2 Å². The van der Waals surface area contributed by atoms with Crippen molar-refractivity contribution in [1.82, 2.24) is 4.98 Å². The van der Waals surface area contributed by atoms with Crippen LogP contribution >= 0.6 is 0 Å². The van der Waals surface area contributed by atoms with E-state index in [-0.39, 0.29) is 0 Å². The summed E-state index contributed by atoms with van der Waals surface area (Å²) in [5.74, 6) is 1.25. The molecule has 0 aromatic carbocycles. The van der Waals surface area contributed by atoms with Gasteiger partial charge in [-0.05, 0) is 25.0 Å². The first kappa shape index (κ1) is 13.0. The van der Waals surface area contributed by atoms with E-state index in [2.05, 4.69) is 24.9 Å². The van der Waals surface area contributed by atoms with E-state index in [9.17, 15) is 0 Å². The molecule has 2 N–H and O–H groups in total. The zero-order valence-electron chi connectivity index (χ0n) is 10.6. The Morgan fingerprint density at radius 2 is 1.75 bits per heavy atom. The predicted molar refractivity (Wildman–Crippen MR) is 70.4 cm³/mol. The van der Waals surface area contributed by atoms with Gasteiger partial charge in [0.1, 0.15) is 5.82 Å². The molecule has 1 aromatic rings. The number of rotatable bonds is 7. The quantitative estimate of drug-likeness (QED) is 0.750. The lowest BCUT2D eigenvalue weighted by Gasteiger charge is -2.16. The van der Waals surface area contributed by atoms with Crippen LogP contribution in [-0.2, 0) is 0 Å². The molecule has 1 aromatic heterocycles. The van der Waals surface area contributed by atoms with Crippen molar-refractivity contribution >= 4 is 5.82 Å². The smallest absolute Gasteiger partial charge is 0.123 e. The molecule has 0 amide bonds. The molecule has 0 spiro atoms. The molecule has 0 saturated carbocycles. The van der Waals surface area contributed by atoms with Gasteiger partial charge in [0, 0.05) is 11.6 Å². The number of pyridine rings is 1. The molecule has 0 aliphatic heterocycles. The van der Waals surface area contributed by atoms with E-state index in [1.807, 2.05) is 12.1 Å². The number of nitrogen functional groups attached to an aromatic ring is 1. The number of unbranched alkanes of at least 4 members (excludes halogenated alkanes) is 2. The highest BCUT2D eigenvalue weighted by atomic mass is 14.8. The van der Waals surface area contributed by atoms with Crippen LogP contribution in [0.5, 0.6) is 0 Å². The van der Waals surface area contributed by atoms with E-state index >= 15 is 0 Å². The second-order valence-corrected chi connectivity index (χ2v) is 4.47. The van der Waals surface area contributed by atoms with Crippen LogP contribution in [0.1, 0.15) is 64.0 Å². The van der Waals surface area contributed by atoms with Crippen LogP contribution in [0, 0.1) is 0 Å². The summed E-state index contributed by atoms with van der Waals surface area (Å²) < 4.78 is 0. The third-order valence-corrected chi connectivity index (χ3v) is 3.02. The molecule has 90 valence electrons. The summed E-state index contributed by atoms with van der Waals surface area (Å²) in [6.07, 6.45) is 7.56. The standard InChI is InChI=1S/C14H24N2/c1-3-5-8-12(9-6-4-2)13-10-7-11-14(15)16-13/h7,10-12H,3-6,8-9H2,1-2H3,(H2,15,16). The van der Waals surface area contributed by atoms with Crippen LogP contribution in [0.3, 0.4) is 0 Å². The van der Waals surface area contributed by atoms with Gasteiger partial charge in [0.05, 0.1) is 0 Å². The van der Waals surface area contributed by atoms with Crippen LogP contribution in [0.25, 0.3) is 0 Å². The molecule has 1 heterocycles. The molecule has 2 nitrogen and oxygen atoms in total. The number of anilines is 1. The summed E-state index contributed by atoms with van der Waals surface area (Å²) in [4.78, 5) is 4.46. The Labute approximate surface area is 99.3 Å². The van der Waals surface area contributed by atoms with E-state index in [0.717, 1.165) is 0 Å². The Bertz CT molecular complexity index is 289. The van der Waals surface area contributed by atoms with Gasteiger partial charge in [-0.15, -0.1) is 0 Å². The number of hydrogen-bond donors (Lipinski definition) is 1. The Balaban J connectivity index is 2.66. The van der Waals surface area contributed by atoms with Crippen molar-refractivity contribution in [2.45, 2.75) is 58.3 Å². The van der Waals surface area contributed by atoms with Crippen molar-refractivity contribution in [1.29, 1.82) is 0 Å². The van der Waals surface area contributed by atoms with Crippen LogP contribution < -0.4 is 5.73 Å². The third-order valence-electron chi connectivity index (χ3n) is 3.02. The van der Waals surface area contributed by atoms with Gasteiger partial charge >= 0.3 is 0 Å². The van der Waals surface area contributed by atoms with Crippen molar-refractivity contribution in [2.24, 2.45) is 0 Å². The molecule has 0 saturated heterocycles. The summed E-state index contributed by atoms with van der Waals surface area (Å²) >= 11 is 0. The average Bonchev–Trinajstić information content (AvgIpc) is 2.29. The van der Waals surface area contributed by atoms with Crippen molar-refractivity contribution < 1.29 is 0 Å². The van der Waals surface area contributed by atoms with Gasteiger partial charge < -0.3 is 5.73 Å². The molecule has 0 fully saturated rings. The molecule has 1 rings (SSSR count). The van der Waals surface area contributed by atoms with Gasteiger partial charge in [0.15, 0.2) is 0 Å². The molecule has 0 atom stereocenters. The second-order valence-electron chi connectivity index (χ2n) is 4.47. The van der Waals surface area contributed by atoms with Gasteiger partial charge in [0.25, 0.3) is 0 Å². The Hall–Kier alpha value is -1.05.